The summed E-state index contributed by atoms with van der Waals surface area (Å²) in [4.78, 5) is 2.37. The van der Waals surface area contributed by atoms with Crippen LogP contribution in [0.15, 0.2) is 173 Å². The van der Waals surface area contributed by atoms with Crippen molar-refractivity contribution >= 4 is 60.9 Å². The Morgan fingerprint density at radius 2 is 0.981 bits per heavy atom. The van der Waals surface area contributed by atoms with Crippen molar-refractivity contribution in [3.8, 4) is 11.1 Å². The molecule has 0 bridgehead atoms. The van der Waals surface area contributed by atoms with Gasteiger partial charge < -0.3 is 13.7 Å². The van der Waals surface area contributed by atoms with E-state index in [9.17, 15) is 0 Å². The van der Waals surface area contributed by atoms with Crippen LogP contribution >= 0.6 is 0 Å². The molecule has 53 heavy (non-hydrogen) atoms. The number of rotatable bonds is 6. The van der Waals surface area contributed by atoms with E-state index < -0.39 is 0 Å². The second-order valence-corrected chi connectivity index (χ2v) is 14.7. The molecule has 1 saturated carbocycles. The lowest BCUT2D eigenvalue weighted by molar-refractivity contribution is 0.366. The van der Waals surface area contributed by atoms with Crippen molar-refractivity contribution in [3.63, 3.8) is 0 Å². The minimum Gasteiger partial charge on any atom is -0.456 e. The third kappa shape index (κ3) is 5.50. The molecule has 9 aromatic rings. The van der Waals surface area contributed by atoms with Crippen LogP contribution in [-0.4, -0.2) is 0 Å². The van der Waals surface area contributed by atoms with E-state index in [0.29, 0.717) is 0 Å². The molecule has 0 saturated heterocycles. The second kappa shape index (κ2) is 13.2. The number of para-hydroxylation sites is 1. The van der Waals surface area contributed by atoms with E-state index >= 15 is 0 Å². The Morgan fingerprint density at radius 1 is 0.396 bits per heavy atom. The Bertz CT molecular complexity index is 2700. The van der Waals surface area contributed by atoms with Crippen LogP contribution in [0.4, 0.5) is 17.1 Å². The molecule has 0 amide bonds. The highest BCUT2D eigenvalue weighted by molar-refractivity contribution is 6.13. The highest BCUT2D eigenvalue weighted by Crippen LogP contribution is 2.46. The van der Waals surface area contributed by atoms with Crippen LogP contribution in [0.3, 0.4) is 0 Å². The van der Waals surface area contributed by atoms with Crippen LogP contribution in [0.1, 0.15) is 56.1 Å². The average Bonchev–Trinajstić information content (AvgIpc) is 3.77. The van der Waals surface area contributed by atoms with Gasteiger partial charge in [0.1, 0.15) is 22.3 Å². The van der Waals surface area contributed by atoms with Gasteiger partial charge in [0.05, 0.1) is 0 Å². The summed E-state index contributed by atoms with van der Waals surface area (Å²) in [6, 6.07) is 59.2. The van der Waals surface area contributed by atoms with E-state index in [1.54, 1.807) is 0 Å². The molecule has 0 atom stereocenters. The van der Waals surface area contributed by atoms with Crippen LogP contribution in [-0.2, 0) is 5.41 Å². The summed E-state index contributed by atoms with van der Waals surface area (Å²) in [6.45, 7) is 0. The molecule has 2 aromatic heterocycles. The molecular weight excluding hydrogens is 647 g/mol. The minimum atomic E-state index is 0.0146. The van der Waals surface area contributed by atoms with Crippen molar-refractivity contribution < 1.29 is 8.83 Å². The molecule has 258 valence electrons. The van der Waals surface area contributed by atoms with Gasteiger partial charge in [-0.3, -0.25) is 0 Å². The van der Waals surface area contributed by atoms with Crippen molar-refractivity contribution in [1.29, 1.82) is 0 Å². The summed E-state index contributed by atoms with van der Waals surface area (Å²) in [5.41, 5.74) is 12.0. The lowest BCUT2D eigenvalue weighted by Gasteiger charge is -2.37. The Labute approximate surface area is 310 Å². The number of nitrogens with zero attached hydrogens (tertiary/aromatic N) is 1. The normalized spacial score (nSPS) is 14.8. The molecular formula is C50H41NO2. The predicted octanol–water partition coefficient (Wildman–Crippen LogP) is 14.7. The van der Waals surface area contributed by atoms with E-state index in [2.05, 4.69) is 157 Å². The number of benzene rings is 7. The topological polar surface area (TPSA) is 29.5 Å². The first kappa shape index (κ1) is 31.7. The summed E-state index contributed by atoms with van der Waals surface area (Å²) < 4.78 is 12.9. The molecule has 7 aromatic carbocycles. The highest BCUT2D eigenvalue weighted by Gasteiger charge is 2.34. The first-order valence-electron chi connectivity index (χ1n) is 19.1. The highest BCUT2D eigenvalue weighted by atomic mass is 16.3. The van der Waals surface area contributed by atoms with Crippen LogP contribution in [0.5, 0.6) is 0 Å². The summed E-state index contributed by atoms with van der Waals surface area (Å²) in [6.07, 6.45) is 8.82. The molecule has 0 radical (unpaired) electrons. The van der Waals surface area contributed by atoms with Crippen molar-refractivity contribution in [1.82, 2.24) is 0 Å². The van der Waals surface area contributed by atoms with E-state index in [0.717, 1.165) is 60.9 Å². The predicted molar refractivity (Wildman–Crippen MR) is 221 cm³/mol. The average molecular weight is 688 g/mol. The smallest absolute Gasteiger partial charge is 0.137 e. The van der Waals surface area contributed by atoms with E-state index in [1.165, 1.54) is 67.2 Å². The van der Waals surface area contributed by atoms with Crippen LogP contribution in [0, 0.1) is 0 Å². The number of fused-ring (bicyclic) bond motifs is 6. The summed E-state index contributed by atoms with van der Waals surface area (Å²) in [7, 11) is 0. The summed E-state index contributed by atoms with van der Waals surface area (Å²) >= 11 is 0. The fourth-order valence-corrected chi connectivity index (χ4v) is 9.05. The molecule has 1 aliphatic carbocycles. The monoisotopic (exact) mass is 687 g/mol. The van der Waals surface area contributed by atoms with Gasteiger partial charge in [0.25, 0.3) is 0 Å². The van der Waals surface area contributed by atoms with Gasteiger partial charge in [0.2, 0.25) is 0 Å². The molecule has 10 rings (SSSR count). The van der Waals surface area contributed by atoms with E-state index in [4.69, 9.17) is 8.83 Å². The minimum absolute atomic E-state index is 0.0146. The Balaban J connectivity index is 1.15. The third-order valence-electron chi connectivity index (χ3n) is 11.7. The Kier molecular flexibility index (Phi) is 7.87. The maximum absolute atomic E-state index is 6.47. The fraction of sp³-hybridized carbons (Fsp3) is 0.160. The van der Waals surface area contributed by atoms with Crippen molar-refractivity contribution in [2.75, 3.05) is 4.90 Å². The largest absolute Gasteiger partial charge is 0.456 e. The van der Waals surface area contributed by atoms with Gasteiger partial charge in [0, 0.05) is 50.1 Å². The zero-order valence-corrected chi connectivity index (χ0v) is 29.8. The van der Waals surface area contributed by atoms with Gasteiger partial charge in [-0.1, -0.05) is 135 Å². The van der Waals surface area contributed by atoms with Gasteiger partial charge in [-0.15, -0.1) is 0 Å². The molecule has 0 spiro atoms. The van der Waals surface area contributed by atoms with Crippen LogP contribution in [0.2, 0.25) is 0 Å². The maximum Gasteiger partial charge on any atom is 0.137 e. The maximum atomic E-state index is 6.47. The van der Waals surface area contributed by atoms with Gasteiger partial charge in [-0.05, 0) is 89.7 Å². The number of anilines is 3. The molecule has 3 nitrogen and oxygen atoms in total. The standard InChI is InChI=1S/C50H41NO2/c1-2-12-31-50(32-13-3-1,36-17-8-5-9-18-36)37-23-25-38(26-24-37)51(40-27-29-43-42-19-10-11-21-45(42)53-48(43)34-40)39-28-30-46-44(33-39)49-41(20-14-22-47(49)52-46)35-15-6-4-7-16-35/h4-11,14-30,33-34H,1-3,12-13,31-32H2. The first-order valence-corrected chi connectivity index (χ1v) is 19.1. The Hall–Kier alpha value is -6.06. The molecule has 1 aliphatic rings. The zero-order valence-electron chi connectivity index (χ0n) is 29.8. The van der Waals surface area contributed by atoms with Crippen LogP contribution in [0.25, 0.3) is 55.0 Å². The van der Waals surface area contributed by atoms with Gasteiger partial charge in [0.15, 0.2) is 0 Å². The quantitative estimate of drug-likeness (QED) is 0.174. The summed E-state index contributed by atoms with van der Waals surface area (Å²) in [5.74, 6) is 0. The molecule has 2 heterocycles. The third-order valence-corrected chi connectivity index (χ3v) is 11.7. The van der Waals surface area contributed by atoms with Gasteiger partial charge in [-0.2, -0.15) is 0 Å². The molecule has 3 heteroatoms. The number of hydrogen-bond donors (Lipinski definition) is 0. The number of furan rings is 2. The van der Waals surface area contributed by atoms with Gasteiger partial charge >= 0.3 is 0 Å². The molecule has 0 aliphatic heterocycles. The van der Waals surface area contributed by atoms with Crippen molar-refractivity contribution in [2.24, 2.45) is 0 Å². The van der Waals surface area contributed by atoms with Gasteiger partial charge in [-0.25, -0.2) is 0 Å². The molecule has 0 N–H and O–H groups in total. The van der Waals surface area contributed by atoms with E-state index in [1.807, 2.05) is 12.1 Å². The number of hydrogen-bond acceptors (Lipinski definition) is 3. The molecule has 0 unspecified atom stereocenters. The second-order valence-electron chi connectivity index (χ2n) is 14.7. The zero-order chi connectivity index (χ0) is 35.2. The lowest BCUT2D eigenvalue weighted by Crippen LogP contribution is -2.29. The summed E-state index contributed by atoms with van der Waals surface area (Å²) in [5, 5.41) is 4.49. The van der Waals surface area contributed by atoms with Crippen LogP contribution < -0.4 is 4.90 Å². The lowest BCUT2D eigenvalue weighted by atomic mass is 9.67. The molecule has 1 fully saturated rings. The van der Waals surface area contributed by atoms with Crippen molar-refractivity contribution in [3.05, 3.63) is 175 Å². The Morgan fingerprint density at radius 3 is 1.79 bits per heavy atom. The fourth-order valence-electron chi connectivity index (χ4n) is 9.05. The van der Waals surface area contributed by atoms with Crippen molar-refractivity contribution in [2.45, 2.75) is 50.4 Å². The van der Waals surface area contributed by atoms with E-state index in [-0.39, 0.29) is 5.41 Å². The SMILES string of the molecule is c1ccc(-c2cccc3oc4ccc(N(c5ccc(C6(c7ccccc7)CCCCCCC6)cc5)c5ccc6c(c5)oc5ccccc56)cc4c23)cc1. The first-order chi connectivity index (χ1) is 26.2.